The van der Waals surface area contributed by atoms with Gasteiger partial charge in [0, 0.05) is 38.4 Å². The lowest BCUT2D eigenvalue weighted by Gasteiger charge is -2.39. The van der Waals surface area contributed by atoms with Gasteiger partial charge in [-0.3, -0.25) is 9.69 Å². The van der Waals surface area contributed by atoms with Crippen molar-refractivity contribution < 1.29 is 4.79 Å². The zero-order valence-corrected chi connectivity index (χ0v) is 15.8. The maximum atomic E-state index is 12.7. The predicted molar refractivity (Wildman–Crippen MR) is 102 cm³/mol. The van der Waals surface area contributed by atoms with E-state index in [1.54, 1.807) is 0 Å². The summed E-state index contributed by atoms with van der Waals surface area (Å²) in [5.41, 5.74) is 0. The molecule has 1 aliphatic heterocycles. The number of aromatic nitrogens is 1. The smallest absolute Gasteiger partial charge is 0.237 e. The van der Waals surface area contributed by atoms with E-state index in [4.69, 9.17) is 0 Å². The molecule has 1 amide bonds. The van der Waals surface area contributed by atoms with Gasteiger partial charge in [0.15, 0.2) is 0 Å². The summed E-state index contributed by atoms with van der Waals surface area (Å²) in [7, 11) is 0. The Labute approximate surface area is 151 Å². The Morgan fingerprint density at radius 3 is 2.64 bits per heavy atom. The fourth-order valence-electron chi connectivity index (χ4n) is 4.13. The number of carbonyl (C=O) groups excluding carboxylic acids is 1. The molecule has 0 radical (unpaired) electrons. The first kappa shape index (κ1) is 18.2. The van der Waals surface area contributed by atoms with Crippen LogP contribution in [0, 0.1) is 11.8 Å². The molecule has 1 saturated carbocycles. The Kier molecular flexibility index (Phi) is 5.94. The second-order valence-electron chi connectivity index (χ2n) is 7.77. The molecule has 1 aromatic rings. The Balaban J connectivity index is 1.50. The number of rotatable bonds is 4. The first-order valence-electron chi connectivity index (χ1n) is 9.76. The summed E-state index contributed by atoms with van der Waals surface area (Å²) in [6.07, 6.45) is 5.48. The number of pyridine rings is 1. The third kappa shape index (κ3) is 4.32. The van der Waals surface area contributed by atoms with Gasteiger partial charge in [0.25, 0.3) is 0 Å². The monoisotopic (exact) mass is 344 g/mol. The molecular formula is C20H32N4O. The van der Waals surface area contributed by atoms with Gasteiger partial charge in [0.1, 0.15) is 5.82 Å². The minimum atomic E-state index is -0.0599. The van der Waals surface area contributed by atoms with E-state index in [2.05, 4.69) is 40.0 Å². The molecule has 2 fully saturated rings. The molecule has 0 spiro atoms. The third-order valence-electron chi connectivity index (χ3n) is 6.25. The molecule has 0 bridgehead atoms. The van der Waals surface area contributed by atoms with Crippen molar-refractivity contribution >= 4 is 11.7 Å². The van der Waals surface area contributed by atoms with Crippen molar-refractivity contribution in [1.82, 2.24) is 15.2 Å². The summed E-state index contributed by atoms with van der Waals surface area (Å²) in [6, 6.07) is 6.30. The van der Waals surface area contributed by atoms with Gasteiger partial charge in [-0.25, -0.2) is 4.98 Å². The minimum absolute atomic E-state index is 0.0599. The molecule has 0 unspecified atom stereocenters. The Morgan fingerprint density at radius 2 is 1.96 bits per heavy atom. The highest BCUT2D eigenvalue weighted by molar-refractivity contribution is 5.81. The van der Waals surface area contributed by atoms with Crippen LogP contribution in [0.15, 0.2) is 24.4 Å². The summed E-state index contributed by atoms with van der Waals surface area (Å²) in [5, 5.41) is 3.33. The van der Waals surface area contributed by atoms with Crippen LogP contribution in [-0.2, 0) is 4.79 Å². The third-order valence-corrected chi connectivity index (χ3v) is 6.25. The standard InChI is InChI=1S/C20H32N4O/c1-15-7-6-8-18(16(15)2)22-20(25)17(3)23-11-13-24(14-12-23)19-9-4-5-10-21-19/h4-5,9-10,15-18H,6-8,11-14H2,1-3H3,(H,22,25)/t15-,16+,17+,18-/m0/s1. The topological polar surface area (TPSA) is 48.5 Å². The van der Waals surface area contributed by atoms with Crippen molar-refractivity contribution in [3.05, 3.63) is 24.4 Å². The van der Waals surface area contributed by atoms with Crippen molar-refractivity contribution in [2.75, 3.05) is 31.1 Å². The van der Waals surface area contributed by atoms with Gasteiger partial charge in [-0.2, -0.15) is 0 Å². The van der Waals surface area contributed by atoms with Crippen LogP contribution in [0.3, 0.4) is 0 Å². The van der Waals surface area contributed by atoms with Crippen molar-refractivity contribution in [3.63, 3.8) is 0 Å². The number of hydrogen-bond donors (Lipinski definition) is 1. The molecule has 1 saturated heterocycles. The van der Waals surface area contributed by atoms with Crippen LogP contribution < -0.4 is 10.2 Å². The van der Waals surface area contributed by atoms with Gasteiger partial charge in [-0.05, 0) is 37.3 Å². The van der Waals surface area contributed by atoms with E-state index in [0.29, 0.717) is 17.9 Å². The summed E-state index contributed by atoms with van der Waals surface area (Å²) < 4.78 is 0. The molecule has 2 heterocycles. The fourth-order valence-corrected chi connectivity index (χ4v) is 4.13. The Morgan fingerprint density at radius 1 is 1.20 bits per heavy atom. The van der Waals surface area contributed by atoms with Crippen LogP contribution in [0.25, 0.3) is 0 Å². The molecule has 138 valence electrons. The number of hydrogen-bond acceptors (Lipinski definition) is 4. The summed E-state index contributed by atoms with van der Waals surface area (Å²) in [4.78, 5) is 21.8. The lowest BCUT2D eigenvalue weighted by Crippen LogP contribution is -2.56. The van der Waals surface area contributed by atoms with E-state index in [9.17, 15) is 4.79 Å². The van der Waals surface area contributed by atoms with Gasteiger partial charge < -0.3 is 10.2 Å². The molecule has 5 heteroatoms. The molecule has 1 aromatic heterocycles. The SMILES string of the molecule is C[C@H]1[C@@H](NC(=O)[C@@H](C)N2CCN(c3ccccn3)CC2)CCC[C@@H]1C. The Hall–Kier alpha value is -1.62. The van der Waals surface area contributed by atoms with Gasteiger partial charge in [-0.15, -0.1) is 0 Å². The molecule has 1 aliphatic carbocycles. The van der Waals surface area contributed by atoms with E-state index in [0.717, 1.165) is 38.4 Å². The minimum Gasteiger partial charge on any atom is -0.354 e. The number of piperazine rings is 1. The molecule has 0 aromatic carbocycles. The zero-order valence-electron chi connectivity index (χ0n) is 15.8. The summed E-state index contributed by atoms with van der Waals surface area (Å²) >= 11 is 0. The summed E-state index contributed by atoms with van der Waals surface area (Å²) in [6.45, 7) is 10.3. The fraction of sp³-hybridized carbons (Fsp3) is 0.700. The lowest BCUT2D eigenvalue weighted by atomic mass is 9.78. The number of nitrogens with one attached hydrogen (secondary N) is 1. The highest BCUT2D eigenvalue weighted by Gasteiger charge is 2.31. The number of carbonyl (C=O) groups is 1. The van der Waals surface area contributed by atoms with Crippen molar-refractivity contribution in [2.24, 2.45) is 11.8 Å². The quantitative estimate of drug-likeness (QED) is 0.912. The average Bonchev–Trinajstić information content (AvgIpc) is 2.65. The second-order valence-corrected chi connectivity index (χ2v) is 7.77. The van der Waals surface area contributed by atoms with Crippen LogP contribution in [0.1, 0.15) is 40.0 Å². The van der Waals surface area contributed by atoms with Crippen LogP contribution in [0.4, 0.5) is 5.82 Å². The van der Waals surface area contributed by atoms with Crippen molar-refractivity contribution in [3.8, 4) is 0 Å². The molecule has 3 rings (SSSR count). The maximum Gasteiger partial charge on any atom is 0.237 e. The van der Waals surface area contributed by atoms with Crippen LogP contribution in [-0.4, -0.2) is 54.1 Å². The highest BCUT2D eigenvalue weighted by atomic mass is 16.2. The first-order valence-corrected chi connectivity index (χ1v) is 9.76. The normalized spacial score (nSPS) is 29.2. The van der Waals surface area contributed by atoms with E-state index in [-0.39, 0.29) is 11.9 Å². The molecule has 5 nitrogen and oxygen atoms in total. The van der Waals surface area contributed by atoms with Gasteiger partial charge in [-0.1, -0.05) is 32.8 Å². The van der Waals surface area contributed by atoms with E-state index in [1.165, 1.54) is 12.8 Å². The average molecular weight is 345 g/mol. The van der Waals surface area contributed by atoms with Gasteiger partial charge in [0.05, 0.1) is 6.04 Å². The van der Waals surface area contributed by atoms with E-state index in [1.807, 2.05) is 25.3 Å². The van der Waals surface area contributed by atoms with Gasteiger partial charge in [0.2, 0.25) is 5.91 Å². The Bertz CT molecular complexity index is 556. The lowest BCUT2D eigenvalue weighted by molar-refractivity contribution is -0.127. The van der Waals surface area contributed by atoms with E-state index >= 15 is 0 Å². The molecule has 25 heavy (non-hydrogen) atoms. The first-order chi connectivity index (χ1) is 12.1. The van der Waals surface area contributed by atoms with E-state index < -0.39 is 0 Å². The van der Waals surface area contributed by atoms with Gasteiger partial charge >= 0.3 is 0 Å². The molecule has 2 aliphatic rings. The van der Waals surface area contributed by atoms with Crippen molar-refractivity contribution in [2.45, 2.75) is 52.1 Å². The van der Waals surface area contributed by atoms with Crippen LogP contribution in [0.5, 0.6) is 0 Å². The predicted octanol–water partition coefficient (Wildman–Crippen LogP) is 2.53. The molecule has 1 N–H and O–H groups in total. The number of nitrogens with zero attached hydrogens (tertiary/aromatic N) is 3. The maximum absolute atomic E-state index is 12.7. The number of anilines is 1. The second kappa shape index (κ2) is 8.17. The molecular weight excluding hydrogens is 312 g/mol. The highest BCUT2D eigenvalue weighted by Crippen LogP contribution is 2.29. The van der Waals surface area contributed by atoms with Crippen LogP contribution in [0.2, 0.25) is 0 Å². The molecule has 4 atom stereocenters. The largest absolute Gasteiger partial charge is 0.354 e. The number of amides is 1. The zero-order chi connectivity index (χ0) is 17.8. The van der Waals surface area contributed by atoms with Crippen LogP contribution >= 0.6 is 0 Å². The van der Waals surface area contributed by atoms with Crippen molar-refractivity contribution in [1.29, 1.82) is 0 Å². The summed E-state index contributed by atoms with van der Waals surface area (Å²) in [5.74, 6) is 2.50.